The van der Waals surface area contributed by atoms with Crippen LogP contribution in [0.2, 0.25) is 0 Å². The highest BCUT2D eigenvalue weighted by molar-refractivity contribution is 5.98. The first kappa shape index (κ1) is 46.2. The first-order valence-electron chi connectivity index (χ1n) is 19.0. The van der Waals surface area contributed by atoms with E-state index in [9.17, 15) is 39.3 Å². The number of guanidine groups is 1. The van der Waals surface area contributed by atoms with E-state index in [0.717, 1.165) is 25.7 Å². The molecule has 4 amide bonds. The van der Waals surface area contributed by atoms with Gasteiger partial charge >= 0.3 is 5.97 Å². The number of aliphatic hydroxyl groups is 2. The Balaban J connectivity index is 2.22. The molecule has 1 aromatic rings. The minimum Gasteiger partial charge on any atom is -0.507 e. The molecule has 0 bridgehead atoms. The van der Waals surface area contributed by atoms with E-state index in [1.807, 2.05) is 19.9 Å². The summed E-state index contributed by atoms with van der Waals surface area (Å²) in [7, 11) is 0. The highest BCUT2D eigenvalue weighted by Crippen LogP contribution is 2.30. The predicted octanol–water partition coefficient (Wildman–Crippen LogP) is 1.49. The normalized spacial score (nSPS) is 17.0. The Bertz CT molecular complexity index is 1540. The number of rotatable bonds is 24. The fourth-order valence-electron chi connectivity index (χ4n) is 6.19. The number of primary amides is 1. The smallest absolute Gasteiger partial charge is 0.342 e. The SMILES string of the molecule is CCCCCCC/C=C/C=C(\C)C(=O)N[C@H](CC(N)=O)C(=O)N[C@@H](CCCN=C(N)N)[C@H](O)[C@H](O)C(=O)N[C@@H](CC(C)C)[C@@H]1Cc2cccc(O)c2C(=O)O1. The van der Waals surface area contributed by atoms with Gasteiger partial charge < -0.3 is 53.2 Å². The number of nitrogens with two attached hydrogens (primary N) is 3. The second-order valence-electron chi connectivity index (χ2n) is 14.4. The molecule has 0 radical (unpaired) electrons. The van der Waals surface area contributed by atoms with E-state index in [1.165, 1.54) is 18.9 Å². The highest BCUT2D eigenvalue weighted by Gasteiger charge is 2.39. The maximum absolute atomic E-state index is 13.6. The van der Waals surface area contributed by atoms with Crippen molar-refractivity contribution in [1.29, 1.82) is 0 Å². The number of nitrogens with one attached hydrogen (secondary N) is 3. The number of phenols is 1. The molecule has 0 spiro atoms. The molecule has 55 heavy (non-hydrogen) atoms. The van der Waals surface area contributed by atoms with Crippen LogP contribution in [-0.2, 0) is 30.3 Å². The van der Waals surface area contributed by atoms with E-state index in [-0.39, 0.29) is 54.6 Å². The van der Waals surface area contributed by atoms with Crippen molar-refractivity contribution in [2.45, 2.75) is 135 Å². The van der Waals surface area contributed by atoms with Crippen LogP contribution in [0.25, 0.3) is 0 Å². The van der Waals surface area contributed by atoms with Crippen molar-refractivity contribution < 1.29 is 44.0 Å². The largest absolute Gasteiger partial charge is 0.507 e. The first-order valence-corrected chi connectivity index (χ1v) is 19.0. The Hall–Kier alpha value is -4.96. The molecule has 16 nitrogen and oxygen atoms in total. The van der Waals surface area contributed by atoms with Crippen molar-refractivity contribution in [3.8, 4) is 5.75 Å². The summed E-state index contributed by atoms with van der Waals surface area (Å²) in [6.07, 6.45) is 7.06. The number of cyclic esters (lactones) is 1. The third kappa shape index (κ3) is 16.1. The first-order chi connectivity index (χ1) is 26.0. The zero-order valence-electron chi connectivity index (χ0n) is 32.5. The molecule has 1 aromatic carbocycles. The Morgan fingerprint density at radius 3 is 2.36 bits per heavy atom. The van der Waals surface area contributed by atoms with E-state index < -0.39 is 72.5 Å². The Morgan fingerprint density at radius 1 is 1.00 bits per heavy atom. The maximum Gasteiger partial charge on any atom is 0.342 e. The zero-order valence-corrected chi connectivity index (χ0v) is 32.5. The standard InChI is InChI=1S/C39H61N7O9/c1-5-6-7-8-9-10-11-12-15-24(4)35(51)46-28(22-31(40)48)36(52)44-26(17-14-19-43-39(41)42)33(49)34(50)37(53)45-27(20-23(2)3)30-21-25-16-13-18-29(47)32(25)38(54)55-30/h11-13,15-16,18,23,26-28,30,33-34,47,49-50H,5-10,14,17,19-22H2,1-4H3,(H2,40,48)(H,44,52)(H,45,53)(H,46,51)(H4,41,42,43)/b12-11+,24-15+/t26-,27-,28+,30-,33-,34-/m0/s1. The van der Waals surface area contributed by atoms with E-state index in [2.05, 4.69) is 27.9 Å². The van der Waals surface area contributed by atoms with E-state index >= 15 is 0 Å². The summed E-state index contributed by atoms with van der Waals surface area (Å²) in [4.78, 5) is 68.7. The number of nitrogens with zero attached hydrogens (tertiary/aromatic N) is 1. The number of hydrogen-bond acceptors (Lipinski definition) is 10. The number of esters is 1. The second-order valence-corrected chi connectivity index (χ2v) is 14.4. The number of ether oxygens (including phenoxy) is 1. The van der Waals surface area contributed by atoms with Crippen LogP contribution in [0.4, 0.5) is 0 Å². The number of unbranched alkanes of at least 4 members (excludes halogenated alkanes) is 5. The van der Waals surface area contributed by atoms with Crippen molar-refractivity contribution in [2.24, 2.45) is 28.1 Å². The number of carbonyl (C=O) groups excluding carboxylic acids is 5. The fourth-order valence-corrected chi connectivity index (χ4v) is 6.19. The van der Waals surface area contributed by atoms with Gasteiger partial charge in [-0.3, -0.25) is 24.2 Å². The monoisotopic (exact) mass is 771 g/mol. The van der Waals surface area contributed by atoms with Crippen LogP contribution in [0.5, 0.6) is 5.75 Å². The van der Waals surface area contributed by atoms with Crippen LogP contribution >= 0.6 is 0 Å². The third-order valence-electron chi connectivity index (χ3n) is 9.16. The number of amides is 4. The number of aromatic hydroxyl groups is 1. The van der Waals surface area contributed by atoms with Gasteiger partial charge in [0.05, 0.1) is 18.5 Å². The summed E-state index contributed by atoms with van der Waals surface area (Å²) < 4.78 is 5.61. The van der Waals surface area contributed by atoms with Crippen LogP contribution < -0.4 is 33.2 Å². The summed E-state index contributed by atoms with van der Waals surface area (Å²) in [5, 5.41) is 40.4. The van der Waals surface area contributed by atoms with Gasteiger partial charge in [0.25, 0.3) is 5.91 Å². The quantitative estimate of drug-likeness (QED) is 0.0181. The van der Waals surface area contributed by atoms with Crippen LogP contribution in [0.15, 0.2) is 47.0 Å². The molecule has 306 valence electrons. The molecular formula is C39H61N7O9. The van der Waals surface area contributed by atoms with Gasteiger partial charge in [0.15, 0.2) is 12.1 Å². The molecule has 1 aliphatic heterocycles. The molecule has 0 aliphatic carbocycles. The molecule has 12 N–H and O–H groups in total. The van der Waals surface area contributed by atoms with Gasteiger partial charge in [-0.2, -0.15) is 0 Å². The maximum atomic E-state index is 13.6. The number of fused-ring (bicyclic) bond motifs is 1. The van der Waals surface area contributed by atoms with Crippen molar-refractivity contribution >= 4 is 35.6 Å². The topological polar surface area (TPSA) is 282 Å². The zero-order chi connectivity index (χ0) is 41.1. The molecule has 1 heterocycles. The van der Waals surface area contributed by atoms with Crippen molar-refractivity contribution in [3.05, 3.63) is 53.1 Å². The fraction of sp³-hybridized carbons (Fsp3) is 0.590. The van der Waals surface area contributed by atoms with Crippen LogP contribution in [0, 0.1) is 5.92 Å². The van der Waals surface area contributed by atoms with Gasteiger partial charge in [0.2, 0.25) is 17.7 Å². The molecule has 1 aliphatic rings. The number of phenolic OH excluding ortho intramolecular Hbond substituents is 1. The van der Waals surface area contributed by atoms with E-state index in [0.29, 0.717) is 12.0 Å². The van der Waals surface area contributed by atoms with Crippen molar-refractivity contribution in [1.82, 2.24) is 16.0 Å². The molecular weight excluding hydrogens is 710 g/mol. The number of allylic oxidation sites excluding steroid dienone is 3. The van der Waals surface area contributed by atoms with Gasteiger partial charge in [-0.05, 0) is 56.6 Å². The van der Waals surface area contributed by atoms with Gasteiger partial charge in [0.1, 0.15) is 29.6 Å². The Kier molecular flexibility index (Phi) is 19.9. The minimum absolute atomic E-state index is 0.00596. The average molecular weight is 772 g/mol. The number of aliphatic hydroxyl groups excluding tert-OH is 2. The molecule has 0 saturated heterocycles. The van der Waals surface area contributed by atoms with Gasteiger partial charge in [-0.15, -0.1) is 0 Å². The van der Waals surface area contributed by atoms with Crippen LogP contribution in [0.3, 0.4) is 0 Å². The Labute approximate surface area is 323 Å². The number of carbonyl (C=O) groups is 5. The Morgan fingerprint density at radius 2 is 1.71 bits per heavy atom. The molecule has 0 aromatic heterocycles. The summed E-state index contributed by atoms with van der Waals surface area (Å²) in [6, 6.07) is 1.09. The molecule has 0 unspecified atom stereocenters. The predicted molar refractivity (Wildman–Crippen MR) is 208 cm³/mol. The lowest BCUT2D eigenvalue weighted by Crippen LogP contribution is -2.59. The number of aliphatic imine (C=N–C) groups is 1. The lowest BCUT2D eigenvalue weighted by molar-refractivity contribution is -0.140. The van der Waals surface area contributed by atoms with E-state index in [4.69, 9.17) is 21.9 Å². The minimum atomic E-state index is -2.09. The molecule has 0 saturated carbocycles. The van der Waals surface area contributed by atoms with Gasteiger partial charge in [-0.25, -0.2) is 4.79 Å². The lowest BCUT2D eigenvalue weighted by atomic mass is 9.90. The van der Waals surface area contributed by atoms with Crippen molar-refractivity contribution in [2.75, 3.05) is 6.54 Å². The van der Waals surface area contributed by atoms with Gasteiger partial charge in [-0.1, -0.05) is 76.8 Å². The molecule has 2 rings (SSSR count). The summed E-state index contributed by atoms with van der Waals surface area (Å²) in [5.74, 6) is -4.58. The number of hydrogen-bond donors (Lipinski definition) is 9. The van der Waals surface area contributed by atoms with Crippen LogP contribution in [-0.4, -0.2) is 93.9 Å². The molecule has 6 atom stereocenters. The van der Waals surface area contributed by atoms with Gasteiger partial charge in [0, 0.05) is 18.5 Å². The average Bonchev–Trinajstić information content (AvgIpc) is 3.11. The number of benzene rings is 1. The van der Waals surface area contributed by atoms with Crippen LogP contribution in [0.1, 0.15) is 108 Å². The second kappa shape index (κ2) is 23.7. The van der Waals surface area contributed by atoms with Crippen molar-refractivity contribution in [3.63, 3.8) is 0 Å². The lowest BCUT2D eigenvalue weighted by Gasteiger charge is -2.34. The highest BCUT2D eigenvalue weighted by atomic mass is 16.5. The molecule has 16 heteroatoms. The summed E-state index contributed by atoms with van der Waals surface area (Å²) >= 11 is 0. The van der Waals surface area contributed by atoms with E-state index in [1.54, 1.807) is 31.2 Å². The third-order valence-corrected chi connectivity index (χ3v) is 9.16. The molecule has 0 fully saturated rings. The summed E-state index contributed by atoms with van der Waals surface area (Å²) in [6.45, 7) is 7.57. The summed E-state index contributed by atoms with van der Waals surface area (Å²) in [5.41, 5.74) is 17.1.